The minimum absolute atomic E-state index is 0.122. The zero-order valence-electron chi connectivity index (χ0n) is 24.9. The van der Waals surface area contributed by atoms with Gasteiger partial charge in [-0.1, -0.05) is 55.5 Å². The van der Waals surface area contributed by atoms with Crippen LogP contribution in [0, 0.1) is 5.92 Å². The van der Waals surface area contributed by atoms with E-state index < -0.39 is 31.6 Å². The van der Waals surface area contributed by atoms with E-state index in [9.17, 15) is 19.5 Å². The van der Waals surface area contributed by atoms with E-state index in [0.29, 0.717) is 35.6 Å². The Morgan fingerprint density at radius 2 is 1.72 bits per heavy atom. The molecule has 2 aliphatic heterocycles. The number of carbonyl (C=O) groups excluding carboxylic acids is 3. The fraction of sp³-hybridized carbons (Fsp3) is 0.364. The van der Waals surface area contributed by atoms with Crippen molar-refractivity contribution in [2.75, 3.05) is 30.0 Å². The van der Waals surface area contributed by atoms with Crippen LogP contribution in [0.3, 0.4) is 0 Å². The van der Waals surface area contributed by atoms with Crippen LogP contribution in [-0.2, 0) is 31.3 Å². The summed E-state index contributed by atoms with van der Waals surface area (Å²) in [7, 11) is -1.83. The van der Waals surface area contributed by atoms with E-state index in [2.05, 4.69) is 0 Å². The van der Waals surface area contributed by atoms with Gasteiger partial charge in [-0.2, -0.15) is 0 Å². The third-order valence-electron chi connectivity index (χ3n) is 8.81. The molecule has 4 atom stereocenters. The third-order valence-corrected chi connectivity index (χ3v) is 11.3. The molecule has 0 aromatic heterocycles. The molecule has 1 fully saturated rings. The zero-order chi connectivity index (χ0) is 30.9. The lowest BCUT2D eigenvalue weighted by Gasteiger charge is -2.31. The molecule has 1 N–H and O–H groups in total. The van der Waals surface area contributed by atoms with E-state index in [-0.39, 0.29) is 31.4 Å². The first-order chi connectivity index (χ1) is 20.5. The Labute approximate surface area is 252 Å². The van der Waals surface area contributed by atoms with Crippen molar-refractivity contribution >= 4 is 43.7 Å². The quantitative estimate of drug-likeness (QED) is 0.197. The van der Waals surface area contributed by atoms with Crippen molar-refractivity contribution in [2.24, 2.45) is 5.92 Å². The van der Waals surface area contributed by atoms with Crippen molar-refractivity contribution in [2.45, 2.75) is 50.2 Å². The molecule has 0 saturated carbocycles. The molecular weight excluding hydrogens is 565 g/mol. The van der Waals surface area contributed by atoms with Crippen LogP contribution < -0.4 is 9.80 Å². The predicted octanol–water partition coefficient (Wildman–Crippen LogP) is 5.14. The predicted molar refractivity (Wildman–Crippen MR) is 166 cm³/mol. The highest BCUT2D eigenvalue weighted by Gasteiger charge is 2.66. The monoisotopic (exact) mass is 603 g/mol. The lowest BCUT2D eigenvalue weighted by Crippen LogP contribution is -2.44. The molecule has 2 heterocycles. The minimum atomic E-state index is -3.49. The van der Waals surface area contributed by atoms with E-state index in [1.807, 2.05) is 67.6 Å². The number of anilines is 3. The number of amides is 3. The first-order valence-electron chi connectivity index (χ1n) is 14.5. The number of aliphatic hydroxyl groups excluding tert-OH is 1. The van der Waals surface area contributed by atoms with E-state index in [1.54, 1.807) is 43.2 Å². The molecule has 226 valence electrons. The second kappa shape index (κ2) is 12.0. The molecule has 1 spiro atoms. The van der Waals surface area contributed by atoms with Gasteiger partial charge < -0.3 is 23.8 Å². The molecular formula is C33H38FN3O5Si. The van der Waals surface area contributed by atoms with Crippen LogP contribution in [-0.4, -0.2) is 62.9 Å². The lowest BCUT2D eigenvalue weighted by atomic mass is 9.82. The maximum atomic E-state index is 16.2. The highest BCUT2D eigenvalue weighted by molar-refractivity contribution is 6.72. The first kappa shape index (κ1) is 30.6. The Balaban J connectivity index is 1.53. The number of fused-ring (bicyclic) bond motifs is 2. The maximum absolute atomic E-state index is 16.2. The molecule has 5 rings (SSSR count). The van der Waals surface area contributed by atoms with Crippen molar-refractivity contribution in [3.8, 4) is 0 Å². The molecule has 1 saturated heterocycles. The van der Waals surface area contributed by atoms with E-state index in [1.165, 1.54) is 9.80 Å². The number of hydrogen-bond donors (Lipinski definition) is 1. The average molecular weight is 604 g/mol. The molecule has 3 aromatic carbocycles. The van der Waals surface area contributed by atoms with Gasteiger partial charge in [0, 0.05) is 48.5 Å². The number of likely N-dealkylation sites (N-methyl/N-ethyl adjacent to an activating group) is 1. The Kier molecular flexibility index (Phi) is 8.55. The van der Waals surface area contributed by atoms with Gasteiger partial charge in [0.15, 0.2) is 5.60 Å². The summed E-state index contributed by atoms with van der Waals surface area (Å²) in [6, 6.07) is 23.9. The smallest absolute Gasteiger partial charge is 0.264 e. The summed E-state index contributed by atoms with van der Waals surface area (Å²) in [5.41, 5.74) is 1.11. The third kappa shape index (κ3) is 5.50. The van der Waals surface area contributed by atoms with Crippen molar-refractivity contribution in [3.05, 3.63) is 90.0 Å². The van der Waals surface area contributed by atoms with Crippen LogP contribution in [0.15, 0.2) is 78.9 Å². The maximum Gasteiger partial charge on any atom is 0.264 e. The number of hydrogen-bond acceptors (Lipinski definition) is 5. The topological polar surface area (TPSA) is 90.4 Å². The van der Waals surface area contributed by atoms with Crippen molar-refractivity contribution < 1.29 is 28.3 Å². The zero-order valence-corrected chi connectivity index (χ0v) is 25.9. The van der Waals surface area contributed by atoms with E-state index in [0.717, 1.165) is 5.56 Å². The fourth-order valence-corrected chi connectivity index (χ4v) is 9.36. The number of nitrogens with zero attached hydrogens (tertiary/aromatic N) is 3. The van der Waals surface area contributed by atoms with Gasteiger partial charge in [0.1, 0.15) is 0 Å². The average Bonchev–Trinajstić information content (AvgIpc) is 3.40. The Hall–Kier alpha value is -3.86. The summed E-state index contributed by atoms with van der Waals surface area (Å²) in [4.78, 5) is 44.6. The Morgan fingerprint density at radius 3 is 2.33 bits per heavy atom. The first-order valence-corrected chi connectivity index (χ1v) is 17.5. The second-order valence-corrected chi connectivity index (χ2v) is 15.7. The molecule has 0 unspecified atom stereocenters. The summed E-state index contributed by atoms with van der Waals surface area (Å²) >= 11 is 0. The van der Waals surface area contributed by atoms with Crippen LogP contribution in [0.5, 0.6) is 0 Å². The summed E-state index contributed by atoms with van der Waals surface area (Å²) < 4.78 is 22.9. The van der Waals surface area contributed by atoms with Crippen molar-refractivity contribution in [3.63, 3.8) is 0 Å². The van der Waals surface area contributed by atoms with Crippen LogP contribution in [0.4, 0.5) is 21.2 Å². The molecule has 0 radical (unpaired) electrons. The van der Waals surface area contributed by atoms with Gasteiger partial charge in [-0.25, -0.2) is 0 Å². The number of para-hydroxylation sites is 1. The molecule has 0 aliphatic carbocycles. The van der Waals surface area contributed by atoms with Gasteiger partial charge in [0.2, 0.25) is 20.7 Å². The molecule has 43 heavy (non-hydrogen) atoms. The van der Waals surface area contributed by atoms with E-state index >= 15 is 4.11 Å². The van der Waals surface area contributed by atoms with Gasteiger partial charge >= 0.3 is 0 Å². The number of carbonyl (C=O) groups is 3. The molecule has 3 aromatic rings. The normalized spacial score (nSPS) is 23.0. The van der Waals surface area contributed by atoms with Gasteiger partial charge in [-0.15, -0.1) is 0 Å². The van der Waals surface area contributed by atoms with Crippen LogP contribution in [0.2, 0.25) is 18.6 Å². The molecule has 3 amide bonds. The summed E-state index contributed by atoms with van der Waals surface area (Å²) in [5.74, 6) is -1.18. The number of ether oxygens (including phenoxy) is 1. The SMILES string of the molecule is C[C@@H]1[C@@H]([Si](C)(C)F)[C@H](CC(=O)N(CCO)Cc2ccccc2)O[C@@]12C(=O)N(C)c1ccc(N(C=O)c3ccccc3)cc12. The van der Waals surface area contributed by atoms with Crippen LogP contribution in [0.25, 0.3) is 0 Å². The molecule has 8 nitrogen and oxygen atoms in total. The highest BCUT2D eigenvalue weighted by atomic mass is 28.4. The number of aliphatic hydroxyl groups is 1. The van der Waals surface area contributed by atoms with Crippen molar-refractivity contribution in [1.82, 2.24) is 4.90 Å². The molecule has 10 heteroatoms. The minimum Gasteiger partial charge on any atom is -0.395 e. The van der Waals surface area contributed by atoms with E-state index in [4.69, 9.17) is 4.74 Å². The van der Waals surface area contributed by atoms with Crippen LogP contribution >= 0.6 is 0 Å². The fourth-order valence-electron chi connectivity index (χ4n) is 6.87. The summed E-state index contributed by atoms with van der Waals surface area (Å²) in [6.45, 7) is 5.22. The Bertz CT molecular complexity index is 1480. The van der Waals surface area contributed by atoms with Crippen molar-refractivity contribution in [1.29, 1.82) is 0 Å². The molecule has 2 aliphatic rings. The van der Waals surface area contributed by atoms with Gasteiger partial charge in [-0.05, 0) is 49.0 Å². The molecule has 0 bridgehead atoms. The van der Waals surface area contributed by atoms with Gasteiger partial charge in [0.05, 0.1) is 24.8 Å². The van der Waals surface area contributed by atoms with Gasteiger partial charge in [-0.3, -0.25) is 19.3 Å². The summed E-state index contributed by atoms with van der Waals surface area (Å²) in [6.07, 6.45) is -0.261. The largest absolute Gasteiger partial charge is 0.395 e. The standard InChI is InChI=1S/C33H38FN3O5Si/c1-23-31(43(3,4)34)29(20-30(40)36(17-18-38)21-24-11-7-5-8-12-24)42-33(23)27-19-26(15-16-28(27)35(2)32(33)41)37(22-39)25-13-9-6-10-14-25/h5-16,19,22-23,29,31,38H,17-18,20-21H2,1-4H3/t23-,29+,31-,33+/m1/s1. The summed E-state index contributed by atoms with van der Waals surface area (Å²) in [5, 5.41) is 9.70. The number of benzene rings is 3. The van der Waals surface area contributed by atoms with Crippen LogP contribution in [0.1, 0.15) is 24.5 Å². The second-order valence-electron chi connectivity index (χ2n) is 11.9. The number of halogens is 1. The highest BCUT2D eigenvalue weighted by Crippen LogP contribution is 2.60. The Morgan fingerprint density at radius 1 is 1.07 bits per heavy atom. The van der Waals surface area contributed by atoms with Gasteiger partial charge in [0.25, 0.3) is 5.91 Å². The number of rotatable bonds is 10. The lowest BCUT2D eigenvalue weighted by molar-refractivity contribution is -0.149.